The van der Waals surface area contributed by atoms with Gasteiger partial charge in [0.1, 0.15) is 5.52 Å². The number of aromatic nitrogens is 5. The van der Waals surface area contributed by atoms with Crippen LogP contribution in [-0.4, -0.2) is 24.5 Å². The fourth-order valence-electron chi connectivity index (χ4n) is 2.23. The molecule has 6 nitrogen and oxygen atoms in total. The van der Waals surface area contributed by atoms with Gasteiger partial charge >= 0.3 is 6.08 Å². The highest BCUT2D eigenvalue weighted by Gasteiger charge is 2.20. The van der Waals surface area contributed by atoms with Crippen molar-refractivity contribution in [2.24, 2.45) is 5.73 Å². The summed E-state index contributed by atoms with van der Waals surface area (Å²) in [5.74, 6) is 0. The highest BCUT2D eigenvalue weighted by atomic mass is 19.1. The number of rotatable bonds is 3. The van der Waals surface area contributed by atoms with E-state index in [0.29, 0.717) is 16.9 Å². The third kappa shape index (κ3) is 2.36. The summed E-state index contributed by atoms with van der Waals surface area (Å²) in [5, 5.41) is 0. The summed E-state index contributed by atoms with van der Waals surface area (Å²) in [4.78, 5) is 15.9. The third-order valence-corrected chi connectivity index (χ3v) is 3.34. The summed E-state index contributed by atoms with van der Waals surface area (Å²) < 4.78 is 15.6. The number of hydrogen-bond acceptors (Lipinski definition) is 5. The number of nitrogens with two attached hydrogens (primary N) is 1. The Morgan fingerprint density at radius 2 is 1.90 bits per heavy atom. The van der Waals surface area contributed by atoms with Crippen LogP contribution in [-0.2, 0) is 0 Å². The molecule has 0 amide bonds. The first-order valence-corrected chi connectivity index (χ1v) is 6.63. The average Bonchev–Trinajstić information content (AvgIpc) is 2.90. The fourth-order valence-corrected chi connectivity index (χ4v) is 2.23. The van der Waals surface area contributed by atoms with Crippen LogP contribution in [0, 0.1) is 6.08 Å². The van der Waals surface area contributed by atoms with E-state index in [0.717, 1.165) is 5.56 Å². The molecule has 21 heavy (non-hydrogen) atoms. The van der Waals surface area contributed by atoms with Crippen LogP contribution in [0.1, 0.15) is 37.2 Å². The number of nitrogens with zero attached hydrogens (tertiary/aromatic N) is 5. The predicted molar refractivity (Wildman–Crippen MR) is 75.9 cm³/mol. The molecule has 0 aliphatic heterocycles. The van der Waals surface area contributed by atoms with Crippen LogP contribution in [0.15, 0.2) is 30.9 Å². The molecule has 1 unspecified atom stereocenters. The number of imidazole rings is 1. The molecule has 3 rings (SSSR count). The summed E-state index contributed by atoms with van der Waals surface area (Å²) in [6.45, 7) is 3.95. The van der Waals surface area contributed by atoms with Gasteiger partial charge in [-0.15, -0.1) is 0 Å². The van der Waals surface area contributed by atoms with Gasteiger partial charge < -0.3 is 10.3 Å². The van der Waals surface area contributed by atoms with E-state index in [9.17, 15) is 4.39 Å². The lowest BCUT2D eigenvalue weighted by molar-refractivity contribution is 0.528. The lowest BCUT2D eigenvalue weighted by Gasteiger charge is -2.12. The van der Waals surface area contributed by atoms with Crippen LogP contribution in [0.2, 0.25) is 0 Å². The van der Waals surface area contributed by atoms with Gasteiger partial charge in [-0.2, -0.15) is 9.37 Å². The monoisotopic (exact) mass is 286 g/mol. The Balaban J connectivity index is 2.19. The van der Waals surface area contributed by atoms with Gasteiger partial charge in [-0.25, -0.2) is 9.97 Å². The molecule has 3 aromatic heterocycles. The van der Waals surface area contributed by atoms with Crippen LogP contribution >= 0.6 is 0 Å². The zero-order valence-corrected chi connectivity index (χ0v) is 11.7. The van der Waals surface area contributed by atoms with Crippen LogP contribution in [0.25, 0.3) is 11.2 Å². The van der Waals surface area contributed by atoms with Gasteiger partial charge in [0.2, 0.25) is 0 Å². The van der Waals surface area contributed by atoms with Crippen molar-refractivity contribution in [3.05, 3.63) is 48.2 Å². The second-order valence-electron chi connectivity index (χ2n) is 5.05. The minimum absolute atomic E-state index is 0.120. The van der Waals surface area contributed by atoms with Crippen molar-refractivity contribution >= 4 is 11.2 Å². The zero-order valence-electron chi connectivity index (χ0n) is 11.7. The fraction of sp³-hybridized carbons (Fsp3) is 0.286. The Labute approximate surface area is 120 Å². The van der Waals surface area contributed by atoms with Crippen LogP contribution in [0.4, 0.5) is 4.39 Å². The molecular weight excluding hydrogens is 271 g/mol. The largest absolute Gasteiger partial charge is 0.319 e. The number of pyridine rings is 1. The van der Waals surface area contributed by atoms with E-state index in [-0.39, 0.29) is 6.04 Å². The maximum absolute atomic E-state index is 13.8. The van der Waals surface area contributed by atoms with E-state index in [2.05, 4.69) is 19.9 Å². The molecule has 0 saturated heterocycles. The highest BCUT2D eigenvalue weighted by molar-refractivity contribution is 5.74. The Bertz CT molecular complexity index is 768. The Kier molecular flexibility index (Phi) is 3.34. The first-order chi connectivity index (χ1) is 10.1. The van der Waals surface area contributed by atoms with Crippen molar-refractivity contribution in [3.8, 4) is 0 Å². The van der Waals surface area contributed by atoms with Crippen molar-refractivity contribution in [2.75, 3.05) is 0 Å². The lowest BCUT2D eigenvalue weighted by Crippen LogP contribution is -2.16. The molecule has 0 bridgehead atoms. The molecule has 0 saturated carbocycles. The number of hydrogen-bond donors (Lipinski definition) is 1. The van der Waals surface area contributed by atoms with Crippen molar-refractivity contribution in [1.29, 1.82) is 0 Å². The Morgan fingerprint density at radius 3 is 2.57 bits per heavy atom. The molecule has 7 heteroatoms. The summed E-state index contributed by atoms with van der Waals surface area (Å²) >= 11 is 0. The molecule has 0 fully saturated rings. The molecule has 0 aliphatic carbocycles. The second-order valence-corrected chi connectivity index (χ2v) is 5.05. The topological polar surface area (TPSA) is 82.5 Å². The van der Waals surface area contributed by atoms with Gasteiger partial charge in [0.05, 0.1) is 18.1 Å². The van der Waals surface area contributed by atoms with Crippen molar-refractivity contribution < 1.29 is 4.39 Å². The normalized spacial score (nSPS) is 13.0. The summed E-state index contributed by atoms with van der Waals surface area (Å²) in [5.41, 5.74) is 8.35. The van der Waals surface area contributed by atoms with E-state index in [1.807, 2.05) is 13.8 Å². The zero-order chi connectivity index (χ0) is 15.0. The summed E-state index contributed by atoms with van der Waals surface area (Å²) in [6, 6.07) is 3.09. The molecule has 3 aromatic rings. The average molecular weight is 286 g/mol. The van der Waals surface area contributed by atoms with E-state index >= 15 is 0 Å². The van der Waals surface area contributed by atoms with Gasteiger partial charge in [0.15, 0.2) is 5.65 Å². The maximum atomic E-state index is 13.8. The molecule has 3 heterocycles. The lowest BCUT2D eigenvalue weighted by atomic mass is 10.1. The molecule has 0 aromatic carbocycles. The quantitative estimate of drug-likeness (QED) is 0.744. The van der Waals surface area contributed by atoms with Crippen molar-refractivity contribution in [2.45, 2.75) is 25.9 Å². The predicted octanol–water partition coefficient (Wildman–Crippen LogP) is 1.99. The molecule has 2 N–H and O–H groups in total. The standard InChI is InChI=1S/C14H15FN6/c1-8(2)21-7-18-12-11(19-14(15)20-13(12)21)10(16)9-3-5-17-6-4-9/h3-8,10H,16H2,1-2H3. The first-order valence-electron chi connectivity index (χ1n) is 6.63. The van der Waals surface area contributed by atoms with Crippen LogP contribution in [0.3, 0.4) is 0 Å². The highest BCUT2D eigenvalue weighted by Crippen LogP contribution is 2.25. The van der Waals surface area contributed by atoms with Crippen LogP contribution in [0.5, 0.6) is 0 Å². The van der Waals surface area contributed by atoms with Crippen molar-refractivity contribution in [1.82, 2.24) is 24.5 Å². The number of halogens is 1. The van der Waals surface area contributed by atoms with Gasteiger partial charge in [-0.1, -0.05) is 0 Å². The Hall–Kier alpha value is -2.41. The van der Waals surface area contributed by atoms with E-state index in [4.69, 9.17) is 5.73 Å². The van der Waals surface area contributed by atoms with Crippen LogP contribution < -0.4 is 5.73 Å². The summed E-state index contributed by atoms with van der Waals surface area (Å²) in [6.07, 6.45) is 4.10. The molecule has 108 valence electrons. The molecule has 0 radical (unpaired) electrons. The maximum Gasteiger partial charge on any atom is 0.311 e. The number of fused-ring (bicyclic) bond motifs is 1. The van der Waals surface area contributed by atoms with Crippen molar-refractivity contribution in [3.63, 3.8) is 0 Å². The molecular formula is C14H15FN6. The second kappa shape index (κ2) is 5.17. The van der Waals surface area contributed by atoms with E-state index < -0.39 is 12.1 Å². The third-order valence-electron chi connectivity index (χ3n) is 3.34. The van der Waals surface area contributed by atoms with Gasteiger partial charge in [0, 0.05) is 18.4 Å². The molecule has 1 atom stereocenters. The van der Waals surface area contributed by atoms with Gasteiger partial charge in [-0.3, -0.25) is 4.98 Å². The SMILES string of the molecule is CC(C)n1cnc2c(C(N)c3ccncc3)nc(F)nc21. The minimum Gasteiger partial charge on any atom is -0.319 e. The van der Waals surface area contributed by atoms with Gasteiger partial charge in [-0.05, 0) is 31.5 Å². The summed E-state index contributed by atoms with van der Waals surface area (Å²) in [7, 11) is 0. The minimum atomic E-state index is -0.801. The van der Waals surface area contributed by atoms with E-state index in [1.165, 1.54) is 0 Å². The Morgan fingerprint density at radius 1 is 1.19 bits per heavy atom. The first kappa shape index (κ1) is 13.6. The molecule has 0 spiro atoms. The van der Waals surface area contributed by atoms with E-state index in [1.54, 1.807) is 35.4 Å². The smallest absolute Gasteiger partial charge is 0.311 e. The molecule has 0 aliphatic rings. The van der Waals surface area contributed by atoms with Gasteiger partial charge in [0.25, 0.3) is 0 Å².